The van der Waals surface area contributed by atoms with E-state index in [2.05, 4.69) is 52.4 Å². The molecule has 0 spiro atoms. The van der Waals surface area contributed by atoms with Crippen LogP contribution in [0.2, 0.25) is 0 Å². The fraction of sp³-hybridized carbons (Fsp3) is 0.273. The highest BCUT2D eigenvalue weighted by Crippen LogP contribution is 2.25. The molecule has 0 saturated heterocycles. The van der Waals surface area contributed by atoms with E-state index in [-0.39, 0.29) is 0 Å². The van der Waals surface area contributed by atoms with Crippen LogP contribution in [-0.2, 0) is 6.42 Å². The number of halogens is 1. The third-order valence-electron chi connectivity index (χ3n) is 2.28. The summed E-state index contributed by atoms with van der Waals surface area (Å²) in [7, 11) is 0. The number of benzene rings is 1. The van der Waals surface area contributed by atoms with Crippen LogP contribution in [0.1, 0.15) is 12.5 Å². The van der Waals surface area contributed by atoms with Crippen LogP contribution in [0.25, 0.3) is 0 Å². The van der Waals surface area contributed by atoms with Gasteiger partial charge in [0.15, 0.2) is 0 Å². The molecule has 13 heavy (non-hydrogen) atoms. The minimum Gasteiger partial charge on any atom is -0.381 e. The molecule has 1 aromatic carbocycles. The summed E-state index contributed by atoms with van der Waals surface area (Å²) in [5.74, 6) is 0. The van der Waals surface area contributed by atoms with Gasteiger partial charge in [-0.3, -0.25) is 0 Å². The SMILES string of the molecule is CC1=CCNc2ccc(Br)cc2C1. The second-order valence-electron chi connectivity index (χ2n) is 3.41. The summed E-state index contributed by atoms with van der Waals surface area (Å²) in [6.07, 6.45) is 3.30. The van der Waals surface area contributed by atoms with Crippen molar-refractivity contribution in [3.63, 3.8) is 0 Å². The van der Waals surface area contributed by atoms with Crippen LogP contribution in [0.4, 0.5) is 5.69 Å². The Balaban J connectivity index is 2.41. The lowest BCUT2D eigenvalue weighted by molar-refractivity contribution is 1.15. The Morgan fingerprint density at radius 2 is 2.23 bits per heavy atom. The van der Waals surface area contributed by atoms with Gasteiger partial charge in [0.2, 0.25) is 0 Å². The number of fused-ring (bicyclic) bond motifs is 1. The third-order valence-corrected chi connectivity index (χ3v) is 2.77. The van der Waals surface area contributed by atoms with E-state index in [1.54, 1.807) is 0 Å². The lowest BCUT2D eigenvalue weighted by Gasteiger charge is -2.07. The topological polar surface area (TPSA) is 12.0 Å². The number of hydrogen-bond acceptors (Lipinski definition) is 1. The van der Waals surface area contributed by atoms with Gasteiger partial charge < -0.3 is 5.32 Å². The smallest absolute Gasteiger partial charge is 0.0379 e. The molecule has 0 fully saturated rings. The first-order valence-corrected chi connectivity index (χ1v) is 5.23. The van der Waals surface area contributed by atoms with Gasteiger partial charge in [0, 0.05) is 16.7 Å². The van der Waals surface area contributed by atoms with Crippen molar-refractivity contribution in [3.05, 3.63) is 39.9 Å². The highest BCUT2D eigenvalue weighted by molar-refractivity contribution is 9.10. The van der Waals surface area contributed by atoms with Crippen LogP contribution in [0.5, 0.6) is 0 Å². The van der Waals surface area contributed by atoms with Crippen LogP contribution < -0.4 is 5.32 Å². The van der Waals surface area contributed by atoms with E-state index in [0.717, 1.165) is 17.4 Å². The Hall–Kier alpha value is -0.760. The molecule has 0 saturated carbocycles. The molecule has 1 N–H and O–H groups in total. The molecule has 0 bridgehead atoms. The second-order valence-corrected chi connectivity index (χ2v) is 4.33. The van der Waals surface area contributed by atoms with E-state index < -0.39 is 0 Å². The van der Waals surface area contributed by atoms with E-state index in [0.29, 0.717) is 0 Å². The van der Waals surface area contributed by atoms with Gasteiger partial charge in [-0.25, -0.2) is 0 Å². The molecule has 2 rings (SSSR count). The standard InChI is InChI=1S/C11H12BrN/c1-8-4-5-13-11-3-2-10(12)7-9(11)6-8/h2-4,7,13H,5-6H2,1H3. The molecule has 1 nitrogen and oxygen atoms in total. The van der Waals surface area contributed by atoms with E-state index in [1.165, 1.54) is 16.8 Å². The van der Waals surface area contributed by atoms with Gasteiger partial charge in [-0.05, 0) is 37.1 Å². The molecule has 0 atom stereocenters. The average molecular weight is 238 g/mol. The van der Waals surface area contributed by atoms with Crippen molar-refractivity contribution in [1.29, 1.82) is 0 Å². The average Bonchev–Trinajstić information content (AvgIpc) is 2.25. The lowest BCUT2D eigenvalue weighted by Crippen LogP contribution is -1.98. The molecule has 1 heterocycles. The molecular formula is C11H12BrN. The Bertz CT molecular complexity index is 355. The van der Waals surface area contributed by atoms with Crippen molar-refractivity contribution in [2.24, 2.45) is 0 Å². The zero-order valence-electron chi connectivity index (χ0n) is 7.60. The minimum atomic E-state index is 0.945. The van der Waals surface area contributed by atoms with Gasteiger partial charge >= 0.3 is 0 Å². The minimum absolute atomic E-state index is 0.945. The van der Waals surface area contributed by atoms with Crippen LogP contribution in [0.15, 0.2) is 34.3 Å². The summed E-state index contributed by atoms with van der Waals surface area (Å²) in [4.78, 5) is 0. The molecule has 2 heteroatoms. The monoisotopic (exact) mass is 237 g/mol. The van der Waals surface area contributed by atoms with Gasteiger partial charge in [-0.15, -0.1) is 0 Å². The van der Waals surface area contributed by atoms with Crippen LogP contribution in [-0.4, -0.2) is 6.54 Å². The number of hydrogen-bond donors (Lipinski definition) is 1. The molecule has 0 aliphatic carbocycles. The summed E-state index contributed by atoms with van der Waals surface area (Å²) < 4.78 is 1.16. The lowest BCUT2D eigenvalue weighted by atomic mass is 10.1. The van der Waals surface area contributed by atoms with Crippen LogP contribution in [0.3, 0.4) is 0 Å². The van der Waals surface area contributed by atoms with E-state index in [4.69, 9.17) is 0 Å². The van der Waals surface area contributed by atoms with E-state index in [1.807, 2.05) is 0 Å². The maximum absolute atomic E-state index is 3.49. The first-order valence-electron chi connectivity index (χ1n) is 4.43. The van der Waals surface area contributed by atoms with Gasteiger partial charge in [-0.1, -0.05) is 27.6 Å². The first-order chi connectivity index (χ1) is 6.25. The summed E-state index contributed by atoms with van der Waals surface area (Å²) >= 11 is 3.49. The predicted octanol–water partition coefficient (Wildman–Crippen LogP) is 3.36. The normalized spacial score (nSPS) is 15.4. The van der Waals surface area contributed by atoms with Crippen molar-refractivity contribution in [3.8, 4) is 0 Å². The first kappa shape index (κ1) is 8.82. The van der Waals surface area contributed by atoms with Crippen LogP contribution in [0, 0.1) is 0 Å². The van der Waals surface area contributed by atoms with Gasteiger partial charge in [0.05, 0.1) is 0 Å². The fourth-order valence-corrected chi connectivity index (χ4v) is 2.00. The second kappa shape index (κ2) is 3.54. The molecular weight excluding hydrogens is 226 g/mol. The third kappa shape index (κ3) is 1.94. The Labute approximate surface area is 87.0 Å². The molecule has 0 amide bonds. The molecule has 68 valence electrons. The Kier molecular flexibility index (Phi) is 2.40. The van der Waals surface area contributed by atoms with Crippen LogP contribution >= 0.6 is 15.9 Å². The number of anilines is 1. The summed E-state index contributed by atoms with van der Waals surface area (Å²) in [5, 5.41) is 3.39. The van der Waals surface area contributed by atoms with Crippen molar-refractivity contribution >= 4 is 21.6 Å². The maximum atomic E-state index is 3.49. The summed E-state index contributed by atoms with van der Waals surface area (Å²) in [5.41, 5.74) is 4.07. The van der Waals surface area contributed by atoms with E-state index in [9.17, 15) is 0 Å². The number of allylic oxidation sites excluding steroid dienone is 1. The molecule has 0 radical (unpaired) electrons. The molecule has 1 aromatic rings. The van der Waals surface area contributed by atoms with Crippen molar-refractivity contribution in [1.82, 2.24) is 0 Å². The largest absolute Gasteiger partial charge is 0.381 e. The Morgan fingerprint density at radius 1 is 1.38 bits per heavy atom. The van der Waals surface area contributed by atoms with Crippen molar-refractivity contribution in [2.75, 3.05) is 11.9 Å². The van der Waals surface area contributed by atoms with Crippen molar-refractivity contribution in [2.45, 2.75) is 13.3 Å². The number of rotatable bonds is 0. The summed E-state index contributed by atoms with van der Waals surface area (Å²) in [6.45, 7) is 3.12. The van der Waals surface area contributed by atoms with Gasteiger partial charge in [0.25, 0.3) is 0 Å². The fourth-order valence-electron chi connectivity index (χ4n) is 1.59. The van der Waals surface area contributed by atoms with Crippen molar-refractivity contribution < 1.29 is 0 Å². The van der Waals surface area contributed by atoms with Gasteiger partial charge in [0.1, 0.15) is 0 Å². The van der Waals surface area contributed by atoms with E-state index >= 15 is 0 Å². The Morgan fingerprint density at radius 3 is 3.08 bits per heavy atom. The zero-order chi connectivity index (χ0) is 9.26. The quantitative estimate of drug-likeness (QED) is 0.683. The zero-order valence-corrected chi connectivity index (χ0v) is 9.19. The summed E-state index contributed by atoms with van der Waals surface area (Å²) in [6, 6.07) is 6.39. The predicted molar refractivity (Wildman–Crippen MR) is 60.1 cm³/mol. The highest BCUT2D eigenvalue weighted by Gasteiger charge is 2.06. The molecule has 0 unspecified atom stereocenters. The van der Waals surface area contributed by atoms with Gasteiger partial charge in [-0.2, -0.15) is 0 Å². The molecule has 1 aliphatic heterocycles. The molecule has 0 aromatic heterocycles. The maximum Gasteiger partial charge on any atom is 0.0379 e. The highest BCUT2D eigenvalue weighted by atomic mass is 79.9. The molecule has 1 aliphatic rings. The number of nitrogens with one attached hydrogen (secondary N) is 1.